The molecule has 2 fully saturated rings. The van der Waals surface area contributed by atoms with E-state index in [9.17, 15) is 0 Å². The summed E-state index contributed by atoms with van der Waals surface area (Å²) < 4.78 is 11.3. The molecule has 1 aromatic carbocycles. The topological polar surface area (TPSA) is 49.3 Å². The van der Waals surface area contributed by atoms with Gasteiger partial charge in [0.25, 0.3) is 0 Å². The van der Waals surface area contributed by atoms with Crippen LogP contribution in [0.3, 0.4) is 0 Å². The van der Waals surface area contributed by atoms with Gasteiger partial charge in [0.1, 0.15) is 5.75 Å². The molecule has 1 aromatic rings. The van der Waals surface area contributed by atoms with E-state index in [4.69, 9.17) is 9.47 Å². The van der Waals surface area contributed by atoms with Crippen molar-refractivity contribution in [3.8, 4) is 5.75 Å². The zero-order chi connectivity index (χ0) is 19.1. The van der Waals surface area contributed by atoms with Gasteiger partial charge >= 0.3 is 0 Å². The highest BCUT2D eigenvalue weighted by atomic mass is 16.5. The molecule has 0 aromatic heterocycles. The van der Waals surface area contributed by atoms with Crippen molar-refractivity contribution in [2.45, 2.75) is 19.3 Å². The number of hydrogen-bond donors (Lipinski definition) is 1. The van der Waals surface area contributed by atoms with Gasteiger partial charge < -0.3 is 24.6 Å². The van der Waals surface area contributed by atoms with E-state index in [-0.39, 0.29) is 0 Å². The van der Waals surface area contributed by atoms with E-state index >= 15 is 0 Å². The first-order valence-corrected chi connectivity index (χ1v) is 10.1. The Morgan fingerprint density at radius 3 is 2.81 bits per heavy atom. The Labute approximate surface area is 163 Å². The van der Waals surface area contributed by atoms with Gasteiger partial charge in [0, 0.05) is 46.9 Å². The Morgan fingerprint density at radius 2 is 2.07 bits per heavy atom. The molecule has 0 amide bonds. The molecule has 6 heteroatoms. The average molecular weight is 375 g/mol. The van der Waals surface area contributed by atoms with Crippen LogP contribution in [-0.4, -0.2) is 71.5 Å². The largest absolute Gasteiger partial charge is 0.495 e. The molecule has 3 rings (SSSR count). The van der Waals surface area contributed by atoms with Gasteiger partial charge in [-0.15, -0.1) is 0 Å². The molecule has 1 unspecified atom stereocenters. The number of rotatable bonds is 9. The first-order chi connectivity index (χ1) is 13.2. The van der Waals surface area contributed by atoms with E-state index in [1.165, 1.54) is 24.9 Å². The zero-order valence-corrected chi connectivity index (χ0v) is 17.0. The molecule has 0 radical (unpaired) electrons. The Balaban J connectivity index is 1.40. The van der Waals surface area contributed by atoms with Crippen LogP contribution >= 0.6 is 0 Å². The molecule has 6 nitrogen and oxygen atoms in total. The summed E-state index contributed by atoms with van der Waals surface area (Å²) in [7, 11) is 5.66. The molecule has 1 saturated carbocycles. The highest BCUT2D eigenvalue weighted by Crippen LogP contribution is 2.31. The van der Waals surface area contributed by atoms with E-state index in [1.54, 1.807) is 7.11 Å². The monoisotopic (exact) mass is 374 g/mol. The fraction of sp³-hybridized carbons (Fsp3) is 0.667. The van der Waals surface area contributed by atoms with Crippen molar-refractivity contribution in [1.29, 1.82) is 0 Å². The van der Waals surface area contributed by atoms with Crippen LogP contribution in [0, 0.1) is 11.8 Å². The van der Waals surface area contributed by atoms with Gasteiger partial charge in [-0.05, 0) is 43.2 Å². The molecular weight excluding hydrogens is 340 g/mol. The molecule has 1 aliphatic carbocycles. The fourth-order valence-corrected chi connectivity index (χ4v) is 3.57. The minimum Gasteiger partial charge on any atom is -0.495 e. The highest BCUT2D eigenvalue weighted by Gasteiger charge is 2.25. The van der Waals surface area contributed by atoms with E-state index in [1.807, 2.05) is 19.2 Å². The molecular formula is C21H34N4O2. The Bertz CT molecular complexity index is 618. The van der Waals surface area contributed by atoms with Crippen molar-refractivity contribution >= 4 is 11.6 Å². The summed E-state index contributed by atoms with van der Waals surface area (Å²) in [4.78, 5) is 8.99. The maximum absolute atomic E-state index is 5.74. The normalized spacial score (nSPS) is 20.0. The minimum atomic E-state index is 0.603. The van der Waals surface area contributed by atoms with E-state index < -0.39 is 0 Å². The molecule has 0 spiro atoms. The number of methoxy groups -OCH3 is 1. The lowest BCUT2D eigenvalue weighted by Crippen LogP contribution is -2.42. The Kier molecular flexibility index (Phi) is 7.21. The van der Waals surface area contributed by atoms with Gasteiger partial charge in [-0.3, -0.25) is 4.99 Å². The summed E-state index contributed by atoms with van der Waals surface area (Å²) in [5, 5.41) is 3.54. The van der Waals surface area contributed by atoms with Crippen LogP contribution in [0.15, 0.2) is 29.3 Å². The minimum absolute atomic E-state index is 0.603. The molecule has 1 heterocycles. The van der Waals surface area contributed by atoms with E-state index in [0.29, 0.717) is 5.92 Å². The number of ether oxygens (including phenoxy) is 2. The SMILES string of the molecule is CN=C(NCC1CCN(c2ccccc2OC)C1)N(C)CCOCC1CC1. The van der Waals surface area contributed by atoms with Gasteiger partial charge in [-0.1, -0.05) is 12.1 Å². The molecule has 27 heavy (non-hydrogen) atoms. The van der Waals surface area contributed by atoms with Crippen molar-refractivity contribution in [2.24, 2.45) is 16.8 Å². The lowest BCUT2D eigenvalue weighted by atomic mass is 10.1. The third kappa shape index (κ3) is 5.76. The first kappa shape index (κ1) is 19.8. The Hall–Kier alpha value is -1.95. The van der Waals surface area contributed by atoms with Crippen LogP contribution < -0.4 is 15.0 Å². The molecule has 1 aliphatic heterocycles. The van der Waals surface area contributed by atoms with Gasteiger partial charge in [0.05, 0.1) is 19.4 Å². The van der Waals surface area contributed by atoms with E-state index in [0.717, 1.165) is 57.0 Å². The summed E-state index contributed by atoms with van der Waals surface area (Å²) in [5.41, 5.74) is 1.19. The predicted octanol–water partition coefficient (Wildman–Crippen LogP) is 2.46. The summed E-state index contributed by atoms with van der Waals surface area (Å²) in [6.45, 7) is 5.59. The summed E-state index contributed by atoms with van der Waals surface area (Å²) in [6.07, 6.45) is 3.86. The van der Waals surface area contributed by atoms with Crippen LogP contribution in [0.25, 0.3) is 0 Å². The molecule has 2 aliphatic rings. The number of hydrogen-bond acceptors (Lipinski definition) is 4. The third-order valence-electron chi connectivity index (χ3n) is 5.46. The van der Waals surface area contributed by atoms with Gasteiger partial charge in [0.2, 0.25) is 0 Å². The van der Waals surface area contributed by atoms with Crippen molar-refractivity contribution in [1.82, 2.24) is 10.2 Å². The lowest BCUT2D eigenvalue weighted by molar-refractivity contribution is 0.115. The number of anilines is 1. The summed E-state index contributed by atoms with van der Waals surface area (Å²) in [5.74, 6) is 3.32. The maximum atomic E-state index is 5.74. The van der Waals surface area contributed by atoms with Crippen LogP contribution in [0.5, 0.6) is 5.75 Å². The highest BCUT2D eigenvalue weighted by molar-refractivity contribution is 5.79. The van der Waals surface area contributed by atoms with Crippen LogP contribution in [0.2, 0.25) is 0 Å². The zero-order valence-electron chi connectivity index (χ0n) is 17.0. The first-order valence-electron chi connectivity index (χ1n) is 10.1. The van der Waals surface area contributed by atoms with Gasteiger partial charge in [-0.2, -0.15) is 0 Å². The average Bonchev–Trinajstić information content (AvgIpc) is 3.41. The Morgan fingerprint density at radius 1 is 1.26 bits per heavy atom. The second-order valence-corrected chi connectivity index (χ2v) is 7.64. The summed E-state index contributed by atoms with van der Waals surface area (Å²) >= 11 is 0. The van der Waals surface area contributed by atoms with Crippen LogP contribution in [-0.2, 0) is 4.74 Å². The predicted molar refractivity (Wildman–Crippen MR) is 111 cm³/mol. The van der Waals surface area contributed by atoms with Crippen molar-refractivity contribution < 1.29 is 9.47 Å². The molecule has 1 saturated heterocycles. The number of nitrogens with one attached hydrogen (secondary N) is 1. The van der Waals surface area contributed by atoms with Crippen molar-refractivity contribution in [3.05, 3.63) is 24.3 Å². The second-order valence-electron chi connectivity index (χ2n) is 7.64. The van der Waals surface area contributed by atoms with Crippen molar-refractivity contribution in [2.75, 3.05) is 65.5 Å². The number of likely N-dealkylation sites (N-methyl/N-ethyl adjacent to an activating group) is 1. The molecule has 1 atom stereocenters. The smallest absolute Gasteiger partial charge is 0.193 e. The second kappa shape index (κ2) is 9.83. The summed E-state index contributed by atoms with van der Waals surface area (Å²) in [6, 6.07) is 8.27. The molecule has 150 valence electrons. The number of benzene rings is 1. The van der Waals surface area contributed by atoms with Crippen LogP contribution in [0.1, 0.15) is 19.3 Å². The number of para-hydroxylation sites is 2. The van der Waals surface area contributed by atoms with Crippen LogP contribution in [0.4, 0.5) is 5.69 Å². The quantitative estimate of drug-likeness (QED) is 0.409. The van der Waals surface area contributed by atoms with Gasteiger partial charge in [0.15, 0.2) is 5.96 Å². The number of guanidine groups is 1. The molecule has 0 bridgehead atoms. The lowest BCUT2D eigenvalue weighted by Gasteiger charge is -2.24. The standard InChI is InChI=1S/C21H34N4O2/c1-22-21(24(2)12-13-27-16-17-8-9-17)23-14-18-10-11-25(15-18)19-6-4-5-7-20(19)26-3/h4-7,17-18H,8-16H2,1-3H3,(H,22,23). The number of aliphatic imine (C=N–C) groups is 1. The number of nitrogens with zero attached hydrogens (tertiary/aromatic N) is 3. The maximum Gasteiger partial charge on any atom is 0.193 e. The fourth-order valence-electron chi connectivity index (χ4n) is 3.57. The van der Waals surface area contributed by atoms with Crippen molar-refractivity contribution in [3.63, 3.8) is 0 Å². The van der Waals surface area contributed by atoms with E-state index in [2.05, 4.69) is 39.3 Å². The van der Waals surface area contributed by atoms with Gasteiger partial charge in [-0.25, -0.2) is 0 Å². The molecule has 1 N–H and O–H groups in total. The third-order valence-corrected chi connectivity index (χ3v) is 5.46.